The highest BCUT2D eigenvalue weighted by molar-refractivity contribution is 8.00. The Hall–Kier alpha value is -4.47. The number of carbonyl (C=O) groups is 3. The number of carboxylic acid groups (broad SMARTS) is 1. The van der Waals surface area contributed by atoms with Crippen LogP contribution in [0.5, 0.6) is 0 Å². The molecule has 0 bridgehead atoms. The number of hydrogen-bond donors (Lipinski definition) is 3. The Morgan fingerprint density at radius 1 is 0.825 bits per heavy atom. The zero-order valence-corrected chi connectivity index (χ0v) is 22.9. The van der Waals surface area contributed by atoms with Crippen LogP contribution in [-0.4, -0.2) is 27.9 Å². The summed E-state index contributed by atoms with van der Waals surface area (Å²) in [6, 6.07) is 30.9. The Bertz CT molecular complexity index is 1670. The van der Waals surface area contributed by atoms with Gasteiger partial charge >= 0.3 is 5.97 Å². The number of anilines is 2. The van der Waals surface area contributed by atoms with Crippen LogP contribution in [0.1, 0.15) is 23.7 Å². The SMILES string of the molecule is O=C(O)CCC(=O)Nc1cccc(SC(C(=O)Nc2nc(-c3ccc4ccccc4c3)cs2)c2ccccc2)c1. The molecule has 1 unspecified atom stereocenters. The second kappa shape index (κ2) is 12.6. The van der Waals surface area contributed by atoms with E-state index >= 15 is 0 Å². The van der Waals surface area contributed by atoms with Gasteiger partial charge in [-0.15, -0.1) is 23.1 Å². The number of carbonyl (C=O) groups excluding carboxylic acids is 2. The molecule has 9 heteroatoms. The number of nitrogens with one attached hydrogen (secondary N) is 2. The lowest BCUT2D eigenvalue weighted by atomic mass is 10.1. The minimum absolute atomic E-state index is 0.114. The van der Waals surface area contributed by atoms with E-state index in [2.05, 4.69) is 39.9 Å². The molecule has 0 saturated carbocycles. The Morgan fingerprint density at radius 2 is 1.60 bits per heavy atom. The van der Waals surface area contributed by atoms with Crippen molar-refractivity contribution in [3.05, 3.63) is 108 Å². The van der Waals surface area contributed by atoms with Crippen LogP contribution in [-0.2, 0) is 14.4 Å². The Kier molecular flexibility index (Phi) is 8.53. The third-order valence-corrected chi connectivity index (χ3v) is 8.06. The number of hydrogen-bond acceptors (Lipinski definition) is 6. The minimum Gasteiger partial charge on any atom is -0.481 e. The van der Waals surface area contributed by atoms with Crippen LogP contribution in [0.25, 0.3) is 22.0 Å². The van der Waals surface area contributed by atoms with E-state index in [-0.39, 0.29) is 24.7 Å². The summed E-state index contributed by atoms with van der Waals surface area (Å²) < 4.78 is 0. The summed E-state index contributed by atoms with van der Waals surface area (Å²) in [6.45, 7) is 0. The van der Waals surface area contributed by atoms with Crippen LogP contribution in [0.15, 0.2) is 107 Å². The highest BCUT2D eigenvalue weighted by Crippen LogP contribution is 2.38. The average Bonchev–Trinajstić information content (AvgIpc) is 3.43. The van der Waals surface area contributed by atoms with Crippen molar-refractivity contribution in [3.8, 4) is 11.3 Å². The van der Waals surface area contributed by atoms with Crippen LogP contribution >= 0.6 is 23.1 Å². The predicted molar refractivity (Wildman–Crippen MR) is 161 cm³/mol. The van der Waals surface area contributed by atoms with Crippen LogP contribution in [0, 0.1) is 0 Å². The Balaban J connectivity index is 1.32. The predicted octanol–water partition coefficient (Wildman–Crippen LogP) is 7.24. The van der Waals surface area contributed by atoms with E-state index in [1.807, 2.05) is 60.0 Å². The number of amides is 2. The minimum atomic E-state index is -1.03. The molecule has 40 heavy (non-hydrogen) atoms. The van der Waals surface area contributed by atoms with Crippen LogP contribution < -0.4 is 10.6 Å². The standard InChI is InChI=1S/C31H25N3O4S2/c35-27(15-16-28(36)37)32-24-11-6-12-25(18-24)40-29(21-8-2-1-3-9-21)30(38)34-31-33-26(19-39-31)23-14-13-20-7-4-5-10-22(20)17-23/h1-14,17-19,29H,15-16H2,(H,32,35)(H,36,37)(H,33,34,38). The zero-order chi connectivity index (χ0) is 27.9. The maximum Gasteiger partial charge on any atom is 0.303 e. The first-order chi connectivity index (χ1) is 19.4. The number of benzene rings is 4. The molecule has 3 N–H and O–H groups in total. The van der Waals surface area contributed by atoms with Crippen molar-refractivity contribution in [3.63, 3.8) is 0 Å². The van der Waals surface area contributed by atoms with Gasteiger partial charge in [-0.25, -0.2) is 4.98 Å². The average molecular weight is 568 g/mol. The number of thiazole rings is 1. The summed E-state index contributed by atoms with van der Waals surface area (Å²) >= 11 is 2.72. The van der Waals surface area contributed by atoms with Crippen LogP contribution in [0.3, 0.4) is 0 Å². The van der Waals surface area contributed by atoms with Crippen molar-refractivity contribution in [2.45, 2.75) is 23.0 Å². The second-order valence-electron chi connectivity index (χ2n) is 8.97. The molecule has 5 rings (SSSR count). The number of carboxylic acids is 1. The smallest absolute Gasteiger partial charge is 0.303 e. The molecule has 0 aliphatic rings. The Labute approximate surface area is 239 Å². The number of aromatic nitrogens is 1. The van der Waals surface area contributed by atoms with Crippen molar-refractivity contribution in [2.24, 2.45) is 0 Å². The van der Waals surface area contributed by atoms with E-state index in [4.69, 9.17) is 5.11 Å². The quantitative estimate of drug-likeness (QED) is 0.154. The zero-order valence-electron chi connectivity index (χ0n) is 21.2. The normalized spacial score (nSPS) is 11.6. The fraction of sp³-hybridized carbons (Fsp3) is 0.0968. The molecule has 7 nitrogen and oxygen atoms in total. The van der Waals surface area contributed by atoms with Crippen molar-refractivity contribution in [1.82, 2.24) is 4.98 Å². The molecule has 1 aromatic heterocycles. The van der Waals surface area contributed by atoms with Crippen molar-refractivity contribution >= 4 is 62.5 Å². The molecule has 0 radical (unpaired) electrons. The van der Waals surface area contributed by atoms with Gasteiger partial charge < -0.3 is 15.7 Å². The summed E-state index contributed by atoms with van der Waals surface area (Å²) in [6.07, 6.45) is -0.355. The van der Waals surface area contributed by atoms with Crippen LogP contribution in [0.4, 0.5) is 10.8 Å². The van der Waals surface area contributed by atoms with E-state index in [1.165, 1.54) is 23.1 Å². The van der Waals surface area contributed by atoms with Gasteiger partial charge in [-0.1, -0.05) is 72.8 Å². The molecular weight excluding hydrogens is 542 g/mol. The first-order valence-electron chi connectivity index (χ1n) is 12.5. The van der Waals surface area contributed by atoms with Gasteiger partial charge in [0.05, 0.1) is 12.1 Å². The summed E-state index contributed by atoms with van der Waals surface area (Å²) in [4.78, 5) is 41.9. The lowest BCUT2D eigenvalue weighted by molar-refractivity contribution is -0.138. The number of nitrogens with zero attached hydrogens (tertiary/aromatic N) is 1. The van der Waals surface area contributed by atoms with E-state index in [0.717, 1.165) is 32.5 Å². The van der Waals surface area contributed by atoms with E-state index < -0.39 is 11.2 Å². The third kappa shape index (κ3) is 6.93. The monoisotopic (exact) mass is 567 g/mol. The van der Waals surface area contributed by atoms with Crippen molar-refractivity contribution in [2.75, 3.05) is 10.6 Å². The van der Waals surface area contributed by atoms with E-state index in [9.17, 15) is 14.4 Å². The topological polar surface area (TPSA) is 108 Å². The van der Waals surface area contributed by atoms with Crippen LogP contribution in [0.2, 0.25) is 0 Å². The van der Waals surface area contributed by atoms with Gasteiger partial charge in [-0.05, 0) is 40.6 Å². The largest absolute Gasteiger partial charge is 0.481 e. The number of thioether (sulfide) groups is 1. The van der Waals surface area contributed by atoms with E-state index in [0.29, 0.717) is 10.8 Å². The lowest BCUT2D eigenvalue weighted by Crippen LogP contribution is -2.19. The molecule has 0 aliphatic carbocycles. The molecule has 0 fully saturated rings. The van der Waals surface area contributed by atoms with Crippen molar-refractivity contribution < 1.29 is 19.5 Å². The maximum absolute atomic E-state index is 13.6. The van der Waals surface area contributed by atoms with Gasteiger partial charge in [0.1, 0.15) is 5.25 Å². The van der Waals surface area contributed by atoms with E-state index in [1.54, 1.807) is 18.2 Å². The summed E-state index contributed by atoms with van der Waals surface area (Å²) in [5.74, 6) is -1.62. The molecule has 200 valence electrons. The molecule has 1 atom stereocenters. The Morgan fingerprint density at radius 3 is 2.40 bits per heavy atom. The number of rotatable bonds is 10. The first kappa shape index (κ1) is 27.1. The fourth-order valence-electron chi connectivity index (χ4n) is 4.11. The van der Waals surface area contributed by atoms with Gasteiger partial charge in [0.2, 0.25) is 11.8 Å². The number of fused-ring (bicyclic) bond motifs is 1. The fourth-order valence-corrected chi connectivity index (χ4v) is 5.92. The second-order valence-corrected chi connectivity index (χ2v) is 11.0. The highest BCUT2D eigenvalue weighted by Gasteiger charge is 2.23. The van der Waals surface area contributed by atoms with Gasteiger partial charge in [-0.2, -0.15) is 0 Å². The highest BCUT2D eigenvalue weighted by atomic mass is 32.2. The molecule has 2 amide bonds. The molecule has 0 aliphatic heterocycles. The number of aliphatic carboxylic acids is 1. The lowest BCUT2D eigenvalue weighted by Gasteiger charge is -2.17. The van der Waals surface area contributed by atoms with Gasteiger partial charge in [-0.3, -0.25) is 14.4 Å². The van der Waals surface area contributed by atoms with Gasteiger partial charge in [0.15, 0.2) is 5.13 Å². The third-order valence-electron chi connectivity index (χ3n) is 6.06. The molecular formula is C31H25N3O4S2. The van der Waals surface area contributed by atoms with Crippen molar-refractivity contribution in [1.29, 1.82) is 0 Å². The molecule has 5 aromatic rings. The molecule has 1 heterocycles. The van der Waals surface area contributed by atoms with Gasteiger partial charge in [0, 0.05) is 27.9 Å². The first-order valence-corrected chi connectivity index (χ1v) is 14.3. The summed E-state index contributed by atoms with van der Waals surface area (Å²) in [7, 11) is 0. The maximum atomic E-state index is 13.6. The summed E-state index contributed by atoms with van der Waals surface area (Å²) in [5, 5.41) is 18.7. The molecule has 4 aromatic carbocycles. The molecule has 0 saturated heterocycles. The molecule has 0 spiro atoms. The van der Waals surface area contributed by atoms with Gasteiger partial charge in [0.25, 0.3) is 0 Å². The summed E-state index contributed by atoms with van der Waals surface area (Å²) in [5.41, 5.74) is 3.13.